The molecule has 5 rings (SSSR count). The van der Waals surface area contributed by atoms with Crippen LogP contribution in [0.1, 0.15) is 24.8 Å². The molecule has 176 valence electrons. The maximum absolute atomic E-state index is 13.6. The van der Waals surface area contributed by atoms with Gasteiger partial charge in [0.05, 0.1) is 23.6 Å². The zero-order chi connectivity index (χ0) is 24.4. The summed E-state index contributed by atoms with van der Waals surface area (Å²) >= 11 is 1.49. The maximum atomic E-state index is 13.6. The maximum Gasteiger partial charge on any atom is 0.338 e. The lowest BCUT2D eigenvalue weighted by molar-refractivity contribution is -0.139. The lowest BCUT2D eigenvalue weighted by Crippen LogP contribution is -2.47. The van der Waals surface area contributed by atoms with E-state index < -0.39 is 17.9 Å². The van der Waals surface area contributed by atoms with Gasteiger partial charge in [-0.3, -0.25) is 9.69 Å². The molecule has 0 radical (unpaired) electrons. The van der Waals surface area contributed by atoms with Crippen molar-refractivity contribution in [3.05, 3.63) is 94.3 Å². The van der Waals surface area contributed by atoms with Crippen molar-refractivity contribution in [2.75, 3.05) is 16.9 Å². The summed E-state index contributed by atoms with van der Waals surface area (Å²) in [6.45, 7) is 3.77. The van der Waals surface area contributed by atoms with E-state index in [1.165, 1.54) is 11.3 Å². The van der Waals surface area contributed by atoms with Gasteiger partial charge in [-0.05, 0) is 49.6 Å². The zero-order valence-corrected chi connectivity index (χ0v) is 20.0. The standard InChI is InChI=1S/C26H23N5O3S/c1-3-34-25(33)21-17(2)27-26-30(22(21)20-15-10-16-35-20)23(24(32)28-18-11-6-4-7-12-18)29-31(26)19-13-8-5-9-14-19/h4-16,22H,3H2,1-2H3,(H,28,32). The molecule has 1 N–H and O–H groups in total. The average molecular weight is 486 g/mol. The highest BCUT2D eigenvalue weighted by molar-refractivity contribution is 7.10. The Morgan fingerprint density at radius 3 is 2.40 bits per heavy atom. The third-order valence-corrected chi connectivity index (χ3v) is 6.49. The van der Waals surface area contributed by atoms with Gasteiger partial charge in [-0.25, -0.2) is 9.79 Å². The van der Waals surface area contributed by atoms with Gasteiger partial charge in [0.15, 0.2) is 0 Å². The molecule has 0 aliphatic carbocycles. The van der Waals surface area contributed by atoms with Crippen LogP contribution in [0.2, 0.25) is 0 Å². The van der Waals surface area contributed by atoms with Crippen LogP contribution in [0.5, 0.6) is 0 Å². The number of carbonyl (C=O) groups is 2. The summed E-state index contributed by atoms with van der Waals surface area (Å²) in [6.07, 6.45) is 0. The first kappa shape index (κ1) is 22.5. The van der Waals surface area contributed by atoms with Crippen molar-refractivity contribution in [2.24, 2.45) is 10.1 Å². The number of anilines is 2. The second kappa shape index (κ2) is 9.55. The molecule has 3 heterocycles. The minimum Gasteiger partial charge on any atom is -0.463 e. The van der Waals surface area contributed by atoms with Crippen molar-refractivity contribution in [1.82, 2.24) is 4.90 Å². The van der Waals surface area contributed by atoms with Crippen molar-refractivity contribution in [3.8, 4) is 0 Å². The highest BCUT2D eigenvalue weighted by atomic mass is 32.1. The van der Waals surface area contributed by atoms with E-state index in [-0.39, 0.29) is 12.4 Å². The molecule has 0 bridgehead atoms. The molecule has 0 spiro atoms. The second-order valence-corrected chi connectivity index (χ2v) is 8.79. The van der Waals surface area contributed by atoms with Crippen LogP contribution in [0.4, 0.5) is 11.4 Å². The number of para-hydroxylation sites is 2. The van der Waals surface area contributed by atoms with Gasteiger partial charge in [0.2, 0.25) is 11.8 Å². The Morgan fingerprint density at radius 2 is 1.74 bits per heavy atom. The summed E-state index contributed by atoms with van der Waals surface area (Å²) in [5.74, 6) is -0.304. The summed E-state index contributed by atoms with van der Waals surface area (Å²) in [6, 6.07) is 21.9. The van der Waals surface area contributed by atoms with E-state index in [0.717, 1.165) is 10.6 Å². The second-order valence-electron chi connectivity index (χ2n) is 7.81. The van der Waals surface area contributed by atoms with Crippen LogP contribution in [0.15, 0.2) is 99.5 Å². The Kier molecular flexibility index (Phi) is 6.15. The number of thiophene rings is 1. The quantitative estimate of drug-likeness (QED) is 0.508. The third kappa shape index (κ3) is 4.22. The smallest absolute Gasteiger partial charge is 0.338 e. The van der Waals surface area contributed by atoms with Crippen LogP contribution in [0.25, 0.3) is 0 Å². The molecule has 0 fully saturated rings. The lowest BCUT2D eigenvalue weighted by Gasteiger charge is -2.34. The minimum absolute atomic E-state index is 0.129. The van der Waals surface area contributed by atoms with E-state index in [1.807, 2.05) is 66.0 Å². The number of hydrogen-bond acceptors (Lipinski definition) is 8. The van der Waals surface area contributed by atoms with Crippen molar-refractivity contribution in [3.63, 3.8) is 0 Å². The molecule has 0 saturated carbocycles. The molecule has 1 atom stereocenters. The number of nitrogens with one attached hydrogen (secondary N) is 1. The monoisotopic (exact) mass is 485 g/mol. The van der Waals surface area contributed by atoms with Crippen molar-refractivity contribution < 1.29 is 14.3 Å². The number of nitrogens with zero attached hydrogens (tertiary/aromatic N) is 4. The number of amides is 1. The Balaban J connectivity index is 1.65. The van der Waals surface area contributed by atoms with Gasteiger partial charge in [0.1, 0.15) is 6.04 Å². The van der Waals surface area contributed by atoms with Gasteiger partial charge in [0, 0.05) is 10.6 Å². The number of amidine groups is 1. The Labute approximate surface area is 206 Å². The molecule has 2 aliphatic heterocycles. The highest BCUT2D eigenvalue weighted by Crippen LogP contribution is 2.41. The zero-order valence-electron chi connectivity index (χ0n) is 19.2. The van der Waals surface area contributed by atoms with Gasteiger partial charge >= 0.3 is 5.97 Å². The average Bonchev–Trinajstić information content (AvgIpc) is 3.53. The van der Waals surface area contributed by atoms with Crippen LogP contribution in [-0.4, -0.2) is 35.2 Å². The van der Waals surface area contributed by atoms with E-state index >= 15 is 0 Å². The summed E-state index contributed by atoms with van der Waals surface area (Å²) in [5, 5.41) is 11.2. The van der Waals surface area contributed by atoms with Gasteiger partial charge in [-0.2, -0.15) is 5.01 Å². The van der Waals surface area contributed by atoms with E-state index in [0.29, 0.717) is 22.9 Å². The number of allylic oxidation sites excluding steroid dienone is 1. The molecule has 2 aliphatic rings. The molecule has 0 saturated heterocycles. The fourth-order valence-corrected chi connectivity index (χ4v) is 4.87. The highest BCUT2D eigenvalue weighted by Gasteiger charge is 2.47. The minimum atomic E-state index is -0.615. The summed E-state index contributed by atoms with van der Waals surface area (Å²) in [7, 11) is 0. The molecule has 8 nitrogen and oxygen atoms in total. The van der Waals surface area contributed by atoms with E-state index in [1.54, 1.807) is 35.9 Å². The molecular formula is C26H23N5O3S. The Morgan fingerprint density at radius 1 is 1.03 bits per heavy atom. The molecule has 35 heavy (non-hydrogen) atoms. The predicted octanol–water partition coefficient (Wildman–Crippen LogP) is 4.77. The fraction of sp³-hybridized carbons (Fsp3) is 0.154. The number of fused-ring (bicyclic) bond motifs is 1. The number of carbonyl (C=O) groups excluding carboxylic acids is 2. The number of hydrazone groups is 1. The molecule has 1 unspecified atom stereocenters. The normalized spacial score (nSPS) is 17.0. The van der Waals surface area contributed by atoms with Crippen LogP contribution >= 0.6 is 11.3 Å². The number of rotatable bonds is 6. The van der Waals surface area contributed by atoms with Crippen molar-refractivity contribution in [1.29, 1.82) is 0 Å². The largest absolute Gasteiger partial charge is 0.463 e. The number of guanidine groups is 1. The number of hydrogen-bond donors (Lipinski definition) is 1. The first-order chi connectivity index (χ1) is 17.1. The number of esters is 1. The summed E-state index contributed by atoms with van der Waals surface area (Å²) in [4.78, 5) is 34.0. The topological polar surface area (TPSA) is 86.6 Å². The molecule has 1 amide bonds. The van der Waals surface area contributed by atoms with Crippen LogP contribution in [0, 0.1) is 0 Å². The molecule has 2 aromatic carbocycles. The molecule has 1 aromatic heterocycles. The van der Waals surface area contributed by atoms with E-state index in [4.69, 9.17) is 14.8 Å². The van der Waals surface area contributed by atoms with Gasteiger partial charge in [-0.15, -0.1) is 16.4 Å². The Hall–Kier alpha value is -4.24. The van der Waals surface area contributed by atoms with Gasteiger partial charge in [0.25, 0.3) is 5.91 Å². The SMILES string of the molecule is CCOC(=O)C1=C(C)N=C2N(c3ccccc3)N=C(C(=O)Nc3ccccc3)N2C1c1cccs1. The van der Waals surface area contributed by atoms with Crippen molar-refractivity contribution in [2.45, 2.75) is 19.9 Å². The van der Waals surface area contributed by atoms with Crippen molar-refractivity contribution >= 4 is 46.4 Å². The molecular weight excluding hydrogens is 462 g/mol. The predicted molar refractivity (Wildman–Crippen MR) is 137 cm³/mol. The van der Waals surface area contributed by atoms with Crippen LogP contribution in [0.3, 0.4) is 0 Å². The lowest BCUT2D eigenvalue weighted by atomic mass is 10.00. The fourth-order valence-electron chi connectivity index (χ4n) is 4.05. The summed E-state index contributed by atoms with van der Waals surface area (Å²) in [5.41, 5.74) is 2.29. The van der Waals surface area contributed by atoms with Crippen LogP contribution < -0.4 is 10.3 Å². The molecule has 9 heteroatoms. The number of ether oxygens (including phenoxy) is 1. The number of aliphatic imine (C=N–C) groups is 1. The van der Waals surface area contributed by atoms with Gasteiger partial charge in [-0.1, -0.05) is 42.5 Å². The van der Waals surface area contributed by atoms with E-state index in [9.17, 15) is 9.59 Å². The van der Waals surface area contributed by atoms with Gasteiger partial charge < -0.3 is 10.1 Å². The number of benzene rings is 2. The molecule has 3 aromatic rings. The van der Waals surface area contributed by atoms with Crippen LogP contribution in [-0.2, 0) is 14.3 Å². The Bertz CT molecular complexity index is 1330. The first-order valence-corrected chi connectivity index (χ1v) is 12.1. The summed E-state index contributed by atoms with van der Waals surface area (Å²) < 4.78 is 5.39. The third-order valence-electron chi connectivity index (χ3n) is 5.56. The van der Waals surface area contributed by atoms with E-state index in [2.05, 4.69) is 5.32 Å². The first-order valence-electron chi connectivity index (χ1n) is 11.2.